The maximum atomic E-state index is 13.6. The van der Waals surface area contributed by atoms with Gasteiger partial charge in [-0.25, -0.2) is 14.0 Å². The maximum Gasteiger partial charge on any atom is 0.352 e. The van der Waals surface area contributed by atoms with E-state index >= 15 is 0 Å². The van der Waals surface area contributed by atoms with Gasteiger partial charge in [0.1, 0.15) is 17.1 Å². The van der Waals surface area contributed by atoms with Crippen molar-refractivity contribution in [1.82, 2.24) is 9.55 Å². The molecule has 7 nitrogen and oxygen atoms in total. The monoisotopic (exact) mass is 354 g/mol. The number of nitrogens with zero attached hydrogens (tertiary/aromatic N) is 2. The number of benzene rings is 1. The van der Waals surface area contributed by atoms with Gasteiger partial charge >= 0.3 is 11.9 Å². The van der Waals surface area contributed by atoms with E-state index in [0.29, 0.717) is 5.56 Å². The molecule has 0 saturated carbocycles. The van der Waals surface area contributed by atoms with E-state index in [2.05, 4.69) is 4.98 Å². The molecule has 2 aromatic heterocycles. The van der Waals surface area contributed by atoms with Gasteiger partial charge in [0, 0.05) is 24.0 Å². The largest absolute Gasteiger partial charge is 0.477 e. The fourth-order valence-electron chi connectivity index (χ4n) is 2.51. The van der Waals surface area contributed by atoms with Crippen molar-refractivity contribution in [2.75, 3.05) is 0 Å². The molecule has 0 spiro atoms. The molecule has 0 aliphatic carbocycles. The molecule has 3 rings (SSSR count). The SMILES string of the molecule is O=C(O)/C(=C\c1ccncc1)n1cc(C(=O)O)c(=O)c2cc(F)ccc21. The molecule has 0 fully saturated rings. The molecule has 130 valence electrons. The fraction of sp³-hybridized carbons (Fsp3) is 0. The zero-order valence-electron chi connectivity index (χ0n) is 13.1. The molecule has 0 aliphatic heterocycles. The van der Waals surface area contributed by atoms with Gasteiger partial charge in [0.15, 0.2) is 0 Å². The molecule has 0 bridgehead atoms. The molecule has 0 radical (unpaired) electrons. The summed E-state index contributed by atoms with van der Waals surface area (Å²) in [5.41, 5.74) is -1.29. The average Bonchev–Trinajstić information content (AvgIpc) is 2.61. The van der Waals surface area contributed by atoms with Gasteiger partial charge in [-0.1, -0.05) is 0 Å². The zero-order valence-corrected chi connectivity index (χ0v) is 13.1. The van der Waals surface area contributed by atoms with Gasteiger partial charge in [-0.15, -0.1) is 0 Å². The van der Waals surface area contributed by atoms with Crippen LogP contribution >= 0.6 is 0 Å². The fourth-order valence-corrected chi connectivity index (χ4v) is 2.51. The number of rotatable bonds is 4. The number of carbonyl (C=O) groups is 2. The van der Waals surface area contributed by atoms with Crippen LogP contribution in [0.3, 0.4) is 0 Å². The second kappa shape index (κ2) is 6.60. The molecular formula is C18H11FN2O5. The molecule has 3 aromatic rings. The summed E-state index contributed by atoms with van der Waals surface area (Å²) in [6.07, 6.45) is 5.15. The van der Waals surface area contributed by atoms with Crippen molar-refractivity contribution in [3.63, 3.8) is 0 Å². The van der Waals surface area contributed by atoms with Crippen LogP contribution in [0, 0.1) is 5.82 Å². The molecular weight excluding hydrogens is 343 g/mol. The number of halogens is 1. The standard InChI is InChI=1S/C18H11FN2O5/c19-11-1-2-14-12(8-11)16(22)13(17(23)24)9-21(14)15(18(25)26)7-10-3-5-20-6-4-10/h1-9H,(H,23,24)(H,25,26)/b15-7+. The lowest BCUT2D eigenvalue weighted by molar-refractivity contribution is -0.130. The first kappa shape index (κ1) is 17.0. The van der Waals surface area contributed by atoms with Crippen LogP contribution in [-0.4, -0.2) is 31.7 Å². The highest BCUT2D eigenvalue weighted by Crippen LogP contribution is 2.20. The molecule has 0 unspecified atom stereocenters. The molecule has 0 saturated heterocycles. The Bertz CT molecular complexity index is 1120. The van der Waals surface area contributed by atoms with Crippen molar-refractivity contribution in [2.45, 2.75) is 0 Å². The molecule has 1 aromatic carbocycles. The minimum atomic E-state index is -1.54. The van der Waals surface area contributed by atoms with E-state index in [-0.39, 0.29) is 16.6 Å². The summed E-state index contributed by atoms with van der Waals surface area (Å²) in [5, 5.41) is 18.6. The number of aromatic carboxylic acids is 1. The van der Waals surface area contributed by atoms with Crippen LogP contribution in [0.1, 0.15) is 15.9 Å². The molecule has 26 heavy (non-hydrogen) atoms. The van der Waals surface area contributed by atoms with Crippen molar-refractivity contribution in [1.29, 1.82) is 0 Å². The highest BCUT2D eigenvalue weighted by atomic mass is 19.1. The number of fused-ring (bicyclic) bond motifs is 1. The molecule has 8 heteroatoms. The third kappa shape index (κ3) is 3.07. The predicted octanol–water partition coefficient (Wildman–Crippen LogP) is 2.32. The predicted molar refractivity (Wildman–Crippen MR) is 91.2 cm³/mol. The van der Waals surface area contributed by atoms with Crippen LogP contribution in [0.25, 0.3) is 22.7 Å². The summed E-state index contributed by atoms with van der Waals surface area (Å²) < 4.78 is 14.6. The van der Waals surface area contributed by atoms with Crippen LogP contribution in [-0.2, 0) is 4.79 Å². The summed E-state index contributed by atoms with van der Waals surface area (Å²) in [6.45, 7) is 0. The van der Waals surface area contributed by atoms with Gasteiger partial charge in [0.25, 0.3) is 0 Å². The Morgan fingerprint density at radius 2 is 1.81 bits per heavy atom. The normalized spacial score (nSPS) is 11.5. The van der Waals surface area contributed by atoms with Crippen molar-refractivity contribution in [3.05, 3.63) is 76.1 Å². The van der Waals surface area contributed by atoms with E-state index in [0.717, 1.165) is 22.9 Å². The molecule has 0 atom stereocenters. The number of hydrogen-bond acceptors (Lipinski definition) is 4. The van der Waals surface area contributed by atoms with Gasteiger partial charge in [0.2, 0.25) is 5.43 Å². The van der Waals surface area contributed by atoms with E-state index in [1.165, 1.54) is 24.5 Å². The van der Waals surface area contributed by atoms with Crippen molar-refractivity contribution < 1.29 is 24.2 Å². The number of pyridine rings is 2. The topological polar surface area (TPSA) is 109 Å². The first-order chi connectivity index (χ1) is 12.4. The van der Waals surface area contributed by atoms with E-state index in [9.17, 15) is 29.0 Å². The number of aromatic nitrogens is 2. The number of carboxylic acids is 2. The van der Waals surface area contributed by atoms with Crippen LogP contribution in [0.15, 0.2) is 53.7 Å². The first-order valence-corrected chi connectivity index (χ1v) is 7.32. The minimum Gasteiger partial charge on any atom is -0.477 e. The Hall–Kier alpha value is -3.81. The Labute approximate surface area is 145 Å². The van der Waals surface area contributed by atoms with Crippen LogP contribution in [0.4, 0.5) is 4.39 Å². The first-order valence-electron chi connectivity index (χ1n) is 7.32. The van der Waals surface area contributed by atoms with Gasteiger partial charge < -0.3 is 14.8 Å². The highest BCUT2D eigenvalue weighted by Gasteiger charge is 2.19. The van der Waals surface area contributed by atoms with Gasteiger partial charge in [-0.2, -0.15) is 0 Å². The lowest BCUT2D eigenvalue weighted by Crippen LogP contribution is -2.20. The van der Waals surface area contributed by atoms with Crippen molar-refractivity contribution >= 4 is 34.6 Å². The van der Waals surface area contributed by atoms with E-state index in [1.54, 1.807) is 12.1 Å². The maximum absolute atomic E-state index is 13.6. The smallest absolute Gasteiger partial charge is 0.352 e. The van der Waals surface area contributed by atoms with E-state index < -0.39 is 28.7 Å². The number of carboxylic acid groups (broad SMARTS) is 2. The second-order valence-corrected chi connectivity index (χ2v) is 5.32. The quantitative estimate of drug-likeness (QED) is 0.696. The van der Waals surface area contributed by atoms with Crippen LogP contribution < -0.4 is 5.43 Å². The summed E-state index contributed by atoms with van der Waals surface area (Å²) in [7, 11) is 0. The van der Waals surface area contributed by atoms with Crippen LogP contribution in [0.5, 0.6) is 0 Å². The molecule has 2 N–H and O–H groups in total. The third-order valence-corrected chi connectivity index (χ3v) is 3.68. The summed E-state index contributed by atoms with van der Waals surface area (Å²) in [5.74, 6) is -3.63. The lowest BCUT2D eigenvalue weighted by atomic mass is 10.1. The molecule has 2 heterocycles. The summed E-state index contributed by atoms with van der Waals surface area (Å²) in [4.78, 5) is 39.3. The van der Waals surface area contributed by atoms with Gasteiger partial charge in [-0.3, -0.25) is 9.78 Å². The van der Waals surface area contributed by atoms with E-state index in [1.807, 2.05) is 0 Å². The number of hydrogen-bond donors (Lipinski definition) is 2. The average molecular weight is 354 g/mol. The zero-order chi connectivity index (χ0) is 18.8. The van der Waals surface area contributed by atoms with Gasteiger partial charge in [-0.05, 0) is 42.0 Å². The summed E-state index contributed by atoms with van der Waals surface area (Å²) >= 11 is 0. The van der Waals surface area contributed by atoms with Crippen molar-refractivity contribution in [2.24, 2.45) is 0 Å². The van der Waals surface area contributed by atoms with Crippen molar-refractivity contribution in [3.8, 4) is 0 Å². The Morgan fingerprint density at radius 3 is 2.42 bits per heavy atom. The van der Waals surface area contributed by atoms with E-state index in [4.69, 9.17) is 0 Å². The Kier molecular flexibility index (Phi) is 4.32. The number of aliphatic carboxylic acids is 1. The lowest BCUT2D eigenvalue weighted by Gasteiger charge is -2.13. The Morgan fingerprint density at radius 1 is 1.12 bits per heavy atom. The van der Waals surface area contributed by atoms with Gasteiger partial charge in [0.05, 0.1) is 5.52 Å². The minimum absolute atomic E-state index is 0.0732. The third-order valence-electron chi connectivity index (χ3n) is 3.68. The highest BCUT2D eigenvalue weighted by molar-refractivity contribution is 6.16. The second-order valence-electron chi connectivity index (χ2n) is 5.32. The molecule has 0 aliphatic rings. The molecule has 0 amide bonds. The van der Waals surface area contributed by atoms with Crippen LogP contribution in [0.2, 0.25) is 0 Å². The summed E-state index contributed by atoms with van der Waals surface area (Å²) in [6, 6.07) is 6.29. The Balaban J connectivity index is 2.40.